The molecule has 164 valence electrons. The lowest BCUT2D eigenvalue weighted by atomic mass is 9.44. The van der Waals surface area contributed by atoms with Crippen molar-refractivity contribution in [2.24, 2.45) is 46.3 Å². The fourth-order valence-electron chi connectivity index (χ4n) is 8.67. The van der Waals surface area contributed by atoms with Gasteiger partial charge in [0.2, 0.25) is 0 Å². The Labute approximate surface area is 176 Å². The van der Waals surface area contributed by atoms with Crippen LogP contribution in [0.4, 0.5) is 0 Å². The van der Waals surface area contributed by atoms with E-state index in [4.69, 9.17) is 4.74 Å². The van der Waals surface area contributed by atoms with Crippen LogP contribution in [-0.2, 0) is 14.3 Å². The lowest BCUT2D eigenvalue weighted by Crippen LogP contribution is -2.57. The summed E-state index contributed by atoms with van der Waals surface area (Å²) in [6, 6.07) is 0. The minimum Gasteiger partial charge on any atom is -0.469 e. The maximum Gasteiger partial charge on any atom is 0.305 e. The number of carbonyl (C=O) groups is 2. The first-order valence-corrected chi connectivity index (χ1v) is 12.0. The zero-order chi connectivity index (χ0) is 21.0. The molecule has 0 bridgehead atoms. The molecule has 0 aromatic rings. The molecule has 4 rings (SSSR count). The fourth-order valence-corrected chi connectivity index (χ4v) is 8.67. The van der Waals surface area contributed by atoms with Crippen molar-refractivity contribution in [3.8, 4) is 0 Å². The second-order valence-electron chi connectivity index (χ2n) is 11.4. The molecule has 0 amide bonds. The highest BCUT2D eigenvalue weighted by Crippen LogP contribution is 2.67. The zero-order valence-electron chi connectivity index (χ0n) is 18.8. The van der Waals surface area contributed by atoms with Crippen LogP contribution in [0.2, 0.25) is 0 Å². The van der Waals surface area contributed by atoms with E-state index in [1.54, 1.807) is 0 Å². The Balaban J connectivity index is 1.54. The molecular weight excluding hydrogens is 364 g/mol. The Morgan fingerprint density at radius 3 is 2.66 bits per heavy atom. The summed E-state index contributed by atoms with van der Waals surface area (Å²) in [5.41, 5.74) is 0.181. The monoisotopic (exact) mass is 404 g/mol. The Hall–Kier alpha value is -0.900. The lowest BCUT2D eigenvalue weighted by molar-refractivity contribution is -0.162. The number of hydrogen-bond acceptors (Lipinski definition) is 4. The third-order valence-corrected chi connectivity index (χ3v) is 10.1. The summed E-state index contributed by atoms with van der Waals surface area (Å²) >= 11 is 0. The number of Topliss-reactive ketones (excluding diaryl/α,β-unsaturated/α-hetero) is 1. The number of esters is 1. The second-order valence-corrected chi connectivity index (χ2v) is 11.4. The zero-order valence-corrected chi connectivity index (χ0v) is 18.8. The van der Waals surface area contributed by atoms with E-state index in [2.05, 4.69) is 20.8 Å². The van der Waals surface area contributed by atoms with Crippen LogP contribution in [0.5, 0.6) is 0 Å². The van der Waals surface area contributed by atoms with Gasteiger partial charge >= 0.3 is 5.97 Å². The van der Waals surface area contributed by atoms with Crippen molar-refractivity contribution in [1.29, 1.82) is 0 Å². The van der Waals surface area contributed by atoms with E-state index in [0.717, 1.165) is 38.5 Å². The molecule has 9 unspecified atom stereocenters. The van der Waals surface area contributed by atoms with Crippen LogP contribution in [-0.4, -0.2) is 30.1 Å². The largest absolute Gasteiger partial charge is 0.469 e. The summed E-state index contributed by atoms with van der Waals surface area (Å²) < 4.78 is 4.84. The molecule has 1 N–H and O–H groups in total. The minimum absolute atomic E-state index is 0.0885. The van der Waals surface area contributed by atoms with Gasteiger partial charge < -0.3 is 9.84 Å². The van der Waals surface area contributed by atoms with Crippen LogP contribution in [0.15, 0.2) is 0 Å². The van der Waals surface area contributed by atoms with Gasteiger partial charge in [-0.15, -0.1) is 0 Å². The van der Waals surface area contributed by atoms with Gasteiger partial charge in [-0.2, -0.15) is 0 Å². The van der Waals surface area contributed by atoms with Gasteiger partial charge in [0.1, 0.15) is 5.78 Å². The van der Waals surface area contributed by atoms with Crippen molar-refractivity contribution in [3.63, 3.8) is 0 Å². The summed E-state index contributed by atoms with van der Waals surface area (Å²) in [4.78, 5) is 25.3. The predicted octanol–water partition coefficient (Wildman–Crippen LogP) is 4.77. The van der Waals surface area contributed by atoms with E-state index in [1.165, 1.54) is 26.4 Å². The molecule has 4 nitrogen and oxygen atoms in total. The molecule has 0 spiro atoms. The smallest absolute Gasteiger partial charge is 0.305 e. The molecule has 4 fully saturated rings. The molecule has 4 heteroatoms. The topological polar surface area (TPSA) is 63.6 Å². The van der Waals surface area contributed by atoms with E-state index >= 15 is 0 Å². The van der Waals surface area contributed by atoms with Crippen molar-refractivity contribution < 1.29 is 19.4 Å². The van der Waals surface area contributed by atoms with Crippen molar-refractivity contribution in [3.05, 3.63) is 0 Å². The minimum atomic E-state index is -0.167. The summed E-state index contributed by atoms with van der Waals surface area (Å²) in [6.45, 7) is 7.03. The average Bonchev–Trinajstić information content (AvgIpc) is 3.02. The molecule has 0 heterocycles. The average molecular weight is 405 g/mol. The number of rotatable bonds is 4. The summed E-state index contributed by atoms with van der Waals surface area (Å²) in [5.74, 6) is 3.24. The van der Waals surface area contributed by atoms with Gasteiger partial charge in [-0.1, -0.05) is 20.8 Å². The maximum absolute atomic E-state index is 13.7. The second kappa shape index (κ2) is 7.66. The predicted molar refractivity (Wildman–Crippen MR) is 112 cm³/mol. The standard InChI is InChI=1S/C25H40O4/c1-15(5-10-22(28)29-4)19-8-9-20-18-7-6-16-13-17(26)11-12-24(16,2)23(18)21(27)14-25(19,20)3/h15-20,23,26H,5-14H2,1-4H3. The molecule has 0 aromatic heterocycles. The molecule has 4 saturated carbocycles. The third kappa shape index (κ3) is 3.38. The Morgan fingerprint density at radius 2 is 1.93 bits per heavy atom. The quantitative estimate of drug-likeness (QED) is 0.685. The highest BCUT2D eigenvalue weighted by molar-refractivity contribution is 5.84. The van der Waals surface area contributed by atoms with Crippen LogP contribution in [0.1, 0.15) is 85.0 Å². The first-order chi connectivity index (χ1) is 13.7. The number of methoxy groups -OCH3 is 1. The third-order valence-electron chi connectivity index (χ3n) is 10.1. The number of ether oxygens (including phenoxy) is 1. The van der Waals surface area contributed by atoms with Gasteiger partial charge in [0.15, 0.2) is 0 Å². The highest BCUT2D eigenvalue weighted by Gasteiger charge is 2.63. The van der Waals surface area contributed by atoms with Crippen LogP contribution in [0, 0.1) is 46.3 Å². The molecule has 0 radical (unpaired) electrons. The van der Waals surface area contributed by atoms with E-state index in [1.807, 2.05) is 0 Å². The first kappa shape index (κ1) is 21.3. The normalized spacial score (nSPS) is 47.7. The van der Waals surface area contributed by atoms with Gasteiger partial charge in [-0.05, 0) is 91.8 Å². The first-order valence-electron chi connectivity index (χ1n) is 12.0. The van der Waals surface area contributed by atoms with Crippen LogP contribution < -0.4 is 0 Å². The van der Waals surface area contributed by atoms with Gasteiger partial charge in [-0.25, -0.2) is 0 Å². The summed E-state index contributed by atoms with van der Waals surface area (Å²) in [7, 11) is 1.46. The SMILES string of the molecule is COC(=O)CCC(C)C1CCC2C3CCC4CC(O)CCC4(C)C3C(=O)CC12C. The van der Waals surface area contributed by atoms with E-state index < -0.39 is 0 Å². The van der Waals surface area contributed by atoms with E-state index in [-0.39, 0.29) is 28.8 Å². The van der Waals surface area contributed by atoms with E-state index in [0.29, 0.717) is 41.8 Å². The molecule has 9 atom stereocenters. The number of hydrogen-bond donors (Lipinski definition) is 1. The van der Waals surface area contributed by atoms with E-state index in [9.17, 15) is 14.7 Å². The number of fused-ring (bicyclic) bond motifs is 5. The van der Waals surface area contributed by atoms with Crippen molar-refractivity contribution >= 4 is 11.8 Å². The molecule has 29 heavy (non-hydrogen) atoms. The molecule has 0 aliphatic heterocycles. The van der Waals surface area contributed by atoms with Gasteiger partial charge in [0.05, 0.1) is 13.2 Å². The number of aliphatic hydroxyl groups is 1. The van der Waals surface area contributed by atoms with Crippen molar-refractivity contribution in [1.82, 2.24) is 0 Å². The molecule has 4 aliphatic carbocycles. The summed E-state index contributed by atoms with van der Waals surface area (Å²) in [6.07, 6.45) is 9.42. The molecular formula is C25H40O4. The Morgan fingerprint density at radius 1 is 1.17 bits per heavy atom. The van der Waals surface area contributed by atoms with Gasteiger partial charge in [-0.3, -0.25) is 9.59 Å². The van der Waals surface area contributed by atoms with Crippen molar-refractivity contribution in [2.45, 2.75) is 91.1 Å². The van der Waals surface area contributed by atoms with Gasteiger partial charge in [0.25, 0.3) is 0 Å². The maximum atomic E-state index is 13.7. The van der Waals surface area contributed by atoms with Crippen LogP contribution in [0.3, 0.4) is 0 Å². The van der Waals surface area contributed by atoms with Crippen molar-refractivity contribution in [2.75, 3.05) is 7.11 Å². The number of aliphatic hydroxyl groups excluding tert-OH is 1. The molecule has 0 aromatic carbocycles. The van der Waals surface area contributed by atoms with Crippen LogP contribution >= 0.6 is 0 Å². The highest BCUT2D eigenvalue weighted by atomic mass is 16.5. The lowest BCUT2D eigenvalue weighted by Gasteiger charge is -2.60. The van der Waals surface area contributed by atoms with Crippen LogP contribution in [0.25, 0.3) is 0 Å². The summed E-state index contributed by atoms with van der Waals surface area (Å²) in [5, 5.41) is 10.2. The number of carbonyl (C=O) groups excluding carboxylic acids is 2. The Bertz CT molecular complexity index is 659. The number of ketones is 1. The fraction of sp³-hybridized carbons (Fsp3) is 0.920. The molecule has 0 saturated heterocycles. The van der Waals surface area contributed by atoms with Gasteiger partial charge in [0, 0.05) is 18.8 Å². The Kier molecular flexibility index (Phi) is 5.63. The molecule has 4 aliphatic rings.